The molecule has 0 unspecified atom stereocenters. The maximum absolute atomic E-state index is 12.7. The van der Waals surface area contributed by atoms with Crippen LogP contribution < -0.4 is 4.18 Å². The number of rotatable bonds is 6. The molecule has 0 N–H and O–H groups in total. The molecule has 2 aromatic carbocycles. The van der Waals surface area contributed by atoms with Crippen molar-refractivity contribution in [2.75, 3.05) is 6.54 Å². The number of thiocarbonyl (C=S) groups is 1. The molecule has 2 aromatic rings. The lowest BCUT2D eigenvalue weighted by Crippen LogP contribution is -2.27. The first-order valence-corrected chi connectivity index (χ1v) is 11.4. The molecule has 3 rings (SSSR count). The molecule has 1 fully saturated rings. The van der Waals surface area contributed by atoms with Crippen molar-refractivity contribution < 1.29 is 17.4 Å². The zero-order valence-electron chi connectivity index (χ0n) is 15.3. The van der Waals surface area contributed by atoms with Gasteiger partial charge in [0.05, 0.1) is 4.91 Å². The van der Waals surface area contributed by atoms with Crippen molar-refractivity contribution in [1.82, 2.24) is 4.90 Å². The molecule has 0 spiro atoms. The SMILES string of the molecule is C=CCN1C(=O)C(=Cc2cc(Cl)ccc2OS(=O)(=O)c2ccc(C)cc2)SC1=S. The van der Waals surface area contributed by atoms with E-state index in [1.165, 1.54) is 41.3 Å². The lowest BCUT2D eigenvalue weighted by Gasteiger charge is -2.11. The van der Waals surface area contributed by atoms with Gasteiger partial charge >= 0.3 is 10.1 Å². The van der Waals surface area contributed by atoms with Gasteiger partial charge in [-0.15, -0.1) is 6.58 Å². The number of aryl methyl sites for hydroxylation is 1. The van der Waals surface area contributed by atoms with E-state index in [-0.39, 0.29) is 16.6 Å². The minimum atomic E-state index is -4.06. The first kappa shape index (κ1) is 21.6. The summed E-state index contributed by atoms with van der Waals surface area (Å²) in [5.74, 6) is -0.226. The molecule has 5 nitrogen and oxygen atoms in total. The van der Waals surface area contributed by atoms with Crippen molar-refractivity contribution in [3.05, 3.63) is 76.2 Å². The Kier molecular flexibility index (Phi) is 6.48. The van der Waals surface area contributed by atoms with Crippen LogP contribution in [0.5, 0.6) is 5.75 Å². The summed E-state index contributed by atoms with van der Waals surface area (Å²) in [6.45, 7) is 5.77. The maximum atomic E-state index is 12.7. The van der Waals surface area contributed by atoms with Gasteiger partial charge in [0.1, 0.15) is 15.0 Å². The zero-order valence-corrected chi connectivity index (χ0v) is 18.5. The third kappa shape index (κ3) is 4.90. The summed E-state index contributed by atoms with van der Waals surface area (Å²) in [5, 5.41) is 0.373. The van der Waals surface area contributed by atoms with Crippen LogP contribution in [0.25, 0.3) is 6.08 Å². The van der Waals surface area contributed by atoms with E-state index < -0.39 is 10.1 Å². The van der Waals surface area contributed by atoms with Gasteiger partial charge in [-0.05, 0) is 43.3 Å². The quantitative estimate of drug-likeness (QED) is 0.264. The topological polar surface area (TPSA) is 63.7 Å². The minimum absolute atomic E-state index is 0.0290. The van der Waals surface area contributed by atoms with Crippen LogP contribution in [-0.4, -0.2) is 30.1 Å². The van der Waals surface area contributed by atoms with Crippen LogP contribution in [0.15, 0.2) is 64.9 Å². The van der Waals surface area contributed by atoms with Gasteiger partial charge in [0.25, 0.3) is 5.91 Å². The number of thioether (sulfide) groups is 1. The van der Waals surface area contributed by atoms with E-state index in [0.717, 1.165) is 17.3 Å². The van der Waals surface area contributed by atoms with Crippen molar-refractivity contribution in [2.45, 2.75) is 11.8 Å². The summed E-state index contributed by atoms with van der Waals surface area (Å²) < 4.78 is 31.1. The fourth-order valence-corrected chi connectivity index (χ4v) is 4.91. The number of nitrogens with zero attached hydrogens (tertiary/aromatic N) is 1. The number of carbonyl (C=O) groups excluding carboxylic acids is 1. The maximum Gasteiger partial charge on any atom is 0.339 e. The fourth-order valence-electron chi connectivity index (χ4n) is 2.51. The highest BCUT2D eigenvalue weighted by atomic mass is 35.5. The number of hydrogen-bond donors (Lipinski definition) is 0. The zero-order chi connectivity index (χ0) is 21.2. The molecule has 1 heterocycles. The molecule has 0 aromatic heterocycles. The Labute approximate surface area is 184 Å². The number of carbonyl (C=O) groups is 1. The van der Waals surface area contributed by atoms with Gasteiger partial charge in [0.2, 0.25) is 0 Å². The highest BCUT2D eigenvalue weighted by Gasteiger charge is 2.31. The third-order valence-electron chi connectivity index (χ3n) is 3.95. The van der Waals surface area contributed by atoms with Crippen LogP contribution >= 0.6 is 35.6 Å². The Morgan fingerprint density at radius 1 is 1.24 bits per heavy atom. The highest BCUT2D eigenvalue weighted by molar-refractivity contribution is 8.26. The fraction of sp³-hybridized carbons (Fsp3) is 0.100. The average molecular weight is 466 g/mol. The van der Waals surface area contributed by atoms with Crippen LogP contribution in [0, 0.1) is 6.92 Å². The summed E-state index contributed by atoms with van der Waals surface area (Å²) in [5.41, 5.74) is 1.28. The second-order valence-corrected chi connectivity index (χ2v) is 9.77. The van der Waals surface area contributed by atoms with E-state index in [2.05, 4.69) is 6.58 Å². The molecule has 0 atom stereocenters. The van der Waals surface area contributed by atoms with Crippen molar-refractivity contribution in [3.8, 4) is 5.75 Å². The molecule has 1 aliphatic rings. The van der Waals surface area contributed by atoms with Crippen LogP contribution in [0.1, 0.15) is 11.1 Å². The standard InChI is InChI=1S/C20H16ClNO4S3/c1-3-10-22-19(23)18(28-20(22)27)12-14-11-15(21)6-9-17(14)26-29(24,25)16-7-4-13(2)5-8-16/h3-9,11-12H,1,10H2,2H3. The summed E-state index contributed by atoms with van der Waals surface area (Å²) in [4.78, 5) is 14.3. The molecule has 1 amide bonds. The Morgan fingerprint density at radius 2 is 1.93 bits per heavy atom. The molecule has 150 valence electrons. The molecule has 1 aliphatic heterocycles. The normalized spacial score (nSPS) is 15.8. The van der Waals surface area contributed by atoms with E-state index in [1.54, 1.807) is 18.2 Å². The lowest BCUT2D eigenvalue weighted by atomic mass is 10.2. The second kappa shape index (κ2) is 8.71. The Morgan fingerprint density at radius 3 is 2.59 bits per heavy atom. The number of halogens is 1. The smallest absolute Gasteiger partial charge is 0.339 e. The van der Waals surface area contributed by atoms with Gasteiger partial charge in [-0.1, -0.05) is 59.4 Å². The predicted octanol–water partition coefficient (Wildman–Crippen LogP) is 4.80. The second-order valence-electron chi connectivity index (χ2n) is 6.11. The lowest BCUT2D eigenvalue weighted by molar-refractivity contribution is -0.121. The number of amides is 1. The highest BCUT2D eigenvalue weighted by Crippen LogP contribution is 2.35. The first-order chi connectivity index (χ1) is 13.7. The van der Waals surface area contributed by atoms with Crippen molar-refractivity contribution >= 4 is 62.0 Å². The average Bonchev–Trinajstić information content (AvgIpc) is 2.92. The largest absolute Gasteiger partial charge is 0.378 e. The molecule has 0 bridgehead atoms. The van der Waals surface area contributed by atoms with Gasteiger partial charge in [0, 0.05) is 17.1 Å². The van der Waals surface area contributed by atoms with E-state index in [4.69, 9.17) is 28.0 Å². The Balaban J connectivity index is 1.97. The molecular weight excluding hydrogens is 450 g/mol. The van der Waals surface area contributed by atoms with E-state index in [0.29, 0.717) is 26.4 Å². The molecule has 0 aliphatic carbocycles. The first-order valence-electron chi connectivity index (χ1n) is 8.38. The third-order valence-corrected chi connectivity index (χ3v) is 6.81. The van der Waals surface area contributed by atoms with Crippen molar-refractivity contribution in [1.29, 1.82) is 0 Å². The number of hydrogen-bond acceptors (Lipinski definition) is 6. The molecular formula is C20H16ClNO4S3. The minimum Gasteiger partial charge on any atom is -0.378 e. The van der Waals surface area contributed by atoms with E-state index in [9.17, 15) is 13.2 Å². The molecule has 1 saturated heterocycles. The van der Waals surface area contributed by atoms with Crippen LogP contribution in [0.4, 0.5) is 0 Å². The molecule has 0 saturated carbocycles. The Hall–Kier alpha value is -2.13. The van der Waals surface area contributed by atoms with Crippen LogP contribution in [0.3, 0.4) is 0 Å². The van der Waals surface area contributed by atoms with E-state index in [1.807, 2.05) is 6.92 Å². The van der Waals surface area contributed by atoms with Crippen molar-refractivity contribution in [3.63, 3.8) is 0 Å². The van der Waals surface area contributed by atoms with Gasteiger partial charge in [0.15, 0.2) is 0 Å². The van der Waals surface area contributed by atoms with Gasteiger partial charge in [-0.2, -0.15) is 8.42 Å². The van der Waals surface area contributed by atoms with Gasteiger partial charge in [-0.25, -0.2) is 0 Å². The molecule has 0 radical (unpaired) electrons. The summed E-state index contributed by atoms with van der Waals surface area (Å²) in [6, 6.07) is 10.8. The van der Waals surface area contributed by atoms with Crippen LogP contribution in [-0.2, 0) is 14.9 Å². The summed E-state index contributed by atoms with van der Waals surface area (Å²) in [6.07, 6.45) is 3.10. The molecule has 9 heteroatoms. The van der Waals surface area contributed by atoms with Gasteiger partial charge in [-0.3, -0.25) is 9.69 Å². The van der Waals surface area contributed by atoms with Crippen LogP contribution in [0.2, 0.25) is 5.02 Å². The molecule has 29 heavy (non-hydrogen) atoms. The van der Waals surface area contributed by atoms with E-state index >= 15 is 0 Å². The predicted molar refractivity (Wildman–Crippen MR) is 121 cm³/mol. The monoisotopic (exact) mass is 465 g/mol. The van der Waals surface area contributed by atoms with Crippen molar-refractivity contribution in [2.24, 2.45) is 0 Å². The number of benzene rings is 2. The summed E-state index contributed by atoms with van der Waals surface area (Å²) >= 11 is 12.4. The Bertz CT molecular complexity index is 1120. The summed E-state index contributed by atoms with van der Waals surface area (Å²) in [7, 11) is -4.06. The van der Waals surface area contributed by atoms with Gasteiger partial charge < -0.3 is 4.18 Å².